The van der Waals surface area contributed by atoms with Crippen molar-refractivity contribution in [3.05, 3.63) is 94.8 Å². The average molecular weight is 509 g/mol. The minimum atomic E-state index is -0.958. The van der Waals surface area contributed by atoms with E-state index in [-0.39, 0.29) is 18.4 Å². The zero-order valence-electron chi connectivity index (χ0n) is 19.5. The van der Waals surface area contributed by atoms with Gasteiger partial charge in [-0.2, -0.15) is 0 Å². The second kappa shape index (κ2) is 9.90. The molecule has 0 aliphatic carbocycles. The summed E-state index contributed by atoms with van der Waals surface area (Å²) in [5.41, 5.74) is 2.51. The Hall–Kier alpha value is -4.05. The quantitative estimate of drug-likeness (QED) is 0.268. The third-order valence-corrected chi connectivity index (χ3v) is 6.33. The lowest BCUT2D eigenvalue weighted by Gasteiger charge is -2.14. The lowest BCUT2D eigenvalue weighted by atomic mass is 10.0. The third kappa shape index (κ3) is 4.72. The Labute approximate surface area is 209 Å². The first-order chi connectivity index (χ1) is 17.4. The zero-order valence-corrected chi connectivity index (χ0v) is 20.3. The molecule has 0 radical (unpaired) electrons. The molecule has 7 nitrogen and oxygen atoms in total. The molecule has 0 saturated carbocycles. The molecule has 0 bridgehead atoms. The highest BCUT2D eigenvalue weighted by Gasteiger charge is 2.26. The summed E-state index contributed by atoms with van der Waals surface area (Å²) in [6.07, 6.45) is 4.74. The van der Waals surface area contributed by atoms with Gasteiger partial charge in [-0.15, -0.1) is 0 Å². The van der Waals surface area contributed by atoms with Gasteiger partial charge in [0, 0.05) is 35.3 Å². The monoisotopic (exact) mass is 508 g/mol. The Morgan fingerprint density at radius 3 is 2.69 bits per heavy atom. The molecule has 3 heterocycles. The summed E-state index contributed by atoms with van der Waals surface area (Å²) in [6.45, 7) is 4.36. The number of fused-ring (bicyclic) bond motifs is 1. The number of carbonyl (C=O) groups excluding carboxylic acids is 1. The first-order valence-corrected chi connectivity index (χ1v) is 12.1. The predicted molar refractivity (Wildman–Crippen MR) is 131 cm³/mol. The van der Waals surface area contributed by atoms with E-state index in [1.165, 1.54) is 23.7 Å². The second-order valence-electron chi connectivity index (χ2n) is 8.44. The lowest BCUT2D eigenvalue weighted by Crippen LogP contribution is -2.24. The van der Waals surface area contributed by atoms with Crippen LogP contribution in [0.1, 0.15) is 47.3 Å². The minimum Gasteiger partial charge on any atom is -0.447 e. The van der Waals surface area contributed by atoms with Crippen molar-refractivity contribution in [2.45, 2.75) is 32.9 Å². The molecule has 0 atom stereocenters. The summed E-state index contributed by atoms with van der Waals surface area (Å²) < 4.78 is 40.3. The van der Waals surface area contributed by atoms with Crippen LogP contribution >= 0.6 is 11.3 Å². The van der Waals surface area contributed by atoms with Crippen molar-refractivity contribution in [3.63, 3.8) is 0 Å². The summed E-state index contributed by atoms with van der Waals surface area (Å²) in [6, 6.07) is 9.04. The number of hydrogen-bond donors (Lipinski definition) is 1. The topological polar surface area (TPSA) is 82.2 Å². The van der Waals surface area contributed by atoms with E-state index in [1.807, 2.05) is 35.9 Å². The normalized spacial score (nSPS) is 11.4. The van der Waals surface area contributed by atoms with Crippen LogP contribution in [-0.4, -0.2) is 20.4 Å². The molecular formula is C26H22F2N4O3S. The number of thiazole rings is 1. The van der Waals surface area contributed by atoms with Gasteiger partial charge in [0.25, 0.3) is 11.1 Å². The smallest absolute Gasteiger partial charge is 0.278 e. The Balaban J connectivity index is 1.56. The molecule has 0 unspecified atom stereocenters. The standard InChI is InChI=1S/C26H22F2N4O3S/c1-15(2)24-23(25(33)31-13-16-3-6-19(27)20(28)11-16)18-5-4-17(35-26-30-8-10-36-26)12-21(18)32(24)14-22-29-7-9-34-22/h3-12,15H,13-14H2,1-2H3,(H,31,33). The number of halogens is 2. The molecule has 0 saturated heterocycles. The largest absolute Gasteiger partial charge is 0.447 e. The van der Waals surface area contributed by atoms with E-state index in [0.717, 1.165) is 28.7 Å². The van der Waals surface area contributed by atoms with Gasteiger partial charge >= 0.3 is 0 Å². The van der Waals surface area contributed by atoms with Crippen LogP contribution in [0.15, 0.2) is 64.9 Å². The van der Waals surface area contributed by atoms with Crippen molar-refractivity contribution in [2.75, 3.05) is 0 Å². The Morgan fingerprint density at radius 2 is 2.00 bits per heavy atom. The first-order valence-electron chi connectivity index (χ1n) is 11.2. The minimum absolute atomic E-state index is 0.0280. The lowest BCUT2D eigenvalue weighted by molar-refractivity contribution is 0.0950. The van der Waals surface area contributed by atoms with Gasteiger partial charge in [0.1, 0.15) is 12.0 Å². The van der Waals surface area contributed by atoms with Crippen LogP contribution in [0.3, 0.4) is 0 Å². The number of carbonyl (C=O) groups is 1. The second-order valence-corrected chi connectivity index (χ2v) is 9.29. The van der Waals surface area contributed by atoms with Crippen molar-refractivity contribution in [3.8, 4) is 10.9 Å². The van der Waals surface area contributed by atoms with Crippen LogP contribution < -0.4 is 10.1 Å². The van der Waals surface area contributed by atoms with Gasteiger partial charge in [0.05, 0.1) is 23.8 Å². The number of nitrogens with one attached hydrogen (secondary N) is 1. The van der Waals surface area contributed by atoms with Crippen molar-refractivity contribution in [1.29, 1.82) is 0 Å². The predicted octanol–water partition coefficient (Wildman–Crippen LogP) is 6.26. The summed E-state index contributed by atoms with van der Waals surface area (Å²) in [5.74, 6) is -1.17. The fraction of sp³-hybridized carbons (Fsp3) is 0.192. The highest BCUT2D eigenvalue weighted by Crippen LogP contribution is 2.35. The SMILES string of the molecule is CC(C)c1c(C(=O)NCc2ccc(F)c(F)c2)c2ccc(Oc3nccs3)cc2n1Cc1ncco1. The molecule has 2 aromatic carbocycles. The molecular weight excluding hydrogens is 486 g/mol. The number of benzene rings is 2. The zero-order chi connectivity index (χ0) is 25.2. The van der Waals surface area contributed by atoms with E-state index in [4.69, 9.17) is 9.15 Å². The van der Waals surface area contributed by atoms with E-state index in [0.29, 0.717) is 34.5 Å². The molecule has 5 rings (SSSR count). The van der Waals surface area contributed by atoms with Crippen LogP contribution in [-0.2, 0) is 13.1 Å². The first kappa shape index (κ1) is 23.7. The maximum Gasteiger partial charge on any atom is 0.278 e. The van der Waals surface area contributed by atoms with Crippen LogP contribution in [0.5, 0.6) is 10.9 Å². The average Bonchev–Trinajstić information content (AvgIpc) is 3.61. The van der Waals surface area contributed by atoms with Gasteiger partial charge in [-0.25, -0.2) is 18.7 Å². The summed E-state index contributed by atoms with van der Waals surface area (Å²) in [7, 11) is 0. The molecule has 0 aliphatic heterocycles. The Bertz CT molecular complexity index is 1510. The van der Waals surface area contributed by atoms with E-state index in [2.05, 4.69) is 15.3 Å². The molecule has 5 aromatic rings. The molecule has 1 amide bonds. The number of nitrogens with zero attached hydrogens (tertiary/aromatic N) is 3. The summed E-state index contributed by atoms with van der Waals surface area (Å²) in [4.78, 5) is 21.9. The number of ether oxygens (including phenoxy) is 1. The van der Waals surface area contributed by atoms with Gasteiger partial charge in [0.15, 0.2) is 11.6 Å². The molecule has 36 heavy (non-hydrogen) atoms. The molecule has 184 valence electrons. The molecule has 0 aliphatic rings. The Kier molecular flexibility index (Phi) is 6.51. The maximum atomic E-state index is 13.6. The van der Waals surface area contributed by atoms with Gasteiger partial charge in [0.2, 0.25) is 5.89 Å². The van der Waals surface area contributed by atoms with Crippen molar-refractivity contribution in [1.82, 2.24) is 19.9 Å². The van der Waals surface area contributed by atoms with E-state index in [9.17, 15) is 13.6 Å². The highest BCUT2D eigenvalue weighted by molar-refractivity contribution is 7.11. The molecule has 1 N–H and O–H groups in total. The third-order valence-electron chi connectivity index (χ3n) is 5.68. The molecule has 3 aromatic heterocycles. The molecule has 10 heteroatoms. The van der Waals surface area contributed by atoms with Crippen molar-refractivity contribution < 1.29 is 22.7 Å². The van der Waals surface area contributed by atoms with Crippen LogP contribution in [0, 0.1) is 11.6 Å². The Morgan fingerprint density at radius 1 is 1.14 bits per heavy atom. The van der Waals surface area contributed by atoms with Crippen molar-refractivity contribution >= 4 is 28.1 Å². The maximum absolute atomic E-state index is 13.6. The van der Waals surface area contributed by atoms with E-state index in [1.54, 1.807) is 18.5 Å². The fourth-order valence-corrected chi connectivity index (χ4v) is 4.67. The van der Waals surface area contributed by atoms with Crippen molar-refractivity contribution in [2.24, 2.45) is 0 Å². The van der Waals surface area contributed by atoms with Crippen LogP contribution in [0.2, 0.25) is 0 Å². The number of rotatable bonds is 8. The van der Waals surface area contributed by atoms with Crippen LogP contribution in [0.4, 0.5) is 8.78 Å². The summed E-state index contributed by atoms with van der Waals surface area (Å²) >= 11 is 1.38. The number of oxazole rings is 1. The van der Waals surface area contributed by atoms with E-state index < -0.39 is 11.6 Å². The molecule has 0 spiro atoms. The van der Waals surface area contributed by atoms with Gasteiger partial charge in [-0.1, -0.05) is 31.3 Å². The van der Waals surface area contributed by atoms with E-state index >= 15 is 0 Å². The van der Waals surface area contributed by atoms with Gasteiger partial charge in [-0.3, -0.25) is 4.79 Å². The highest BCUT2D eigenvalue weighted by atomic mass is 32.1. The van der Waals surface area contributed by atoms with Gasteiger partial charge in [-0.05, 0) is 35.7 Å². The number of amides is 1. The summed E-state index contributed by atoms with van der Waals surface area (Å²) in [5, 5.41) is 5.91. The van der Waals surface area contributed by atoms with Crippen LogP contribution in [0.25, 0.3) is 10.9 Å². The fourth-order valence-electron chi connectivity index (χ4n) is 4.17. The number of hydrogen-bond acceptors (Lipinski definition) is 6. The molecule has 0 fully saturated rings. The number of aromatic nitrogens is 3. The van der Waals surface area contributed by atoms with Gasteiger partial charge < -0.3 is 19.0 Å².